The molecular weight excluding hydrogens is 276 g/mol. The van der Waals surface area contributed by atoms with Gasteiger partial charge in [-0.1, -0.05) is 12.1 Å². The smallest absolute Gasteiger partial charge is 0.335 e. The maximum absolute atomic E-state index is 11.9. The molecule has 0 saturated carbocycles. The molecule has 1 fully saturated rings. The summed E-state index contributed by atoms with van der Waals surface area (Å²) in [5.74, 6) is 1.06. The van der Waals surface area contributed by atoms with Gasteiger partial charge in [0.25, 0.3) is 0 Å². The summed E-state index contributed by atoms with van der Waals surface area (Å²) in [6.45, 7) is 2.11. The molecular formula is C14H18N2O3S. The highest BCUT2D eigenvalue weighted by Gasteiger charge is 2.15. The maximum Gasteiger partial charge on any atom is 0.335 e. The number of carboxylic acid groups (broad SMARTS) is 1. The fourth-order valence-electron chi connectivity index (χ4n) is 2.05. The summed E-state index contributed by atoms with van der Waals surface area (Å²) in [5.41, 5.74) is 1.20. The molecule has 1 aromatic carbocycles. The van der Waals surface area contributed by atoms with E-state index >= 15 is 0 Å². The highest BCUT2D eigenvalue weighted by molar-refractivity contribution is 7.99. The Labute approximate surface area is 122 Å². The molecule has 2 rings (SSSR count). The normalized spacial score (nSPS) is 14.9. The van der Waals surface area contributed by atoms with Crippen molar-refractivity contribution in [3.05, 3.63) is 35.4 Å². The molecule has 1 heterocycles. The van der Waals surface area contributed by atoms with E-state index in [1.54, 1.807) is 18.2 Å². The SMILES string of the molecule is O=C(O)c1cccc(CCNC(=O)N2CCSCC2)c1. The van der Waals surface area contributed by atoms with Crippen LogP contribution in [0.3, 0.4) is 0 Å². The monoisotopic (exact) mass is 294 g/mol. The van der Waals surface area contributed by atoms with Crippen molar-refractivity contribution in [1.29, 1.82) is 0 Å². The van der Waals surface area contributed by atoms with Crippen LogP contribution in [0.5, 0.6) is 0 Å². The van der Waals surface area contributed by atoms with Crippen molar-refractivity contribution in [1.82, 2.24) is 10.2 Å². The number of aromatic carboxylic acids is 1. The molecule has 1 aliphatic heterocycles. The summed E-state index contributed by atoms with van der Waals surface area (Å²) in [4.78, 5) is 24.6. The molecule has 2 N–H and O–H groups in total. The summed E-state index contributed by atoms with van der Waals surface area (Å²) in [5, 5.41) is 11.8. The zero-order valence-corrected chi connectivity index (χ0v) is 12.0. The van der Waals surface area contributed by atoms with E-state index in [4.69, 9.17) is 5.11 Å². The Morgan fingerprint density at radius 2 is 2.05 bits per heavy atom. The highest BCUT2D eigenvalue weighted by atomic mass is 32.2. The van der Waals surface area contributed by atoms with Crippen LogP contribution in [0.1, 0.15) is 15.9 Å². The fraction of sp³-hybridized carbons (Fsp3) is 0.429. The van der Waals surface area contributed by atoms with Gasteiger partial charge in [0.05, 0.1) is 5.56 Å². The first-order chi connectivity index (χ1) is 9.66. The number of hydrogen-bond acceptors (Lipinski definition) is 3. The molecule has 108 valence electrons. The molecule has 6 heteroatoms. The number of thioether (sulfide) groups is 1. The first-order valence-electron chi connectivity index (χ1n) is 6.59. The number of hydrogen-bond donors (Lipinski definition) is 2. The van der Waals surface area contributed by atoms with Gasteiger partial charge in [-0.25, -0.2) is 9.59 Å². The fourth-order valence-corrected chi connectivity index (χ4v) is 2.95. The van der Waals surface area contributed by atoms with Crippen LogP contribution < -0.4 is 5.32 Å². The van der Waals surface area contributed by atoms with Crippen molar-refractivity contribution in [3.8, 4) is 0 Å². The van der Waals surface area contributed by atoms with Gasteiger partial charge in [0.15, 0.2) is 0 Å². The van der Waals surface area contributed by atoms with Gasteiger partial charge in [-0.05, 0) is 24.1 Å². The Morgan fingerprint density at radius 3 is 2.75 bits per heavy atom. The second-order valence-corrected chi connectivity index (χ2v) is 5.81. The molecule has 1 saturated heterocycles. The molecule has 0 spiro atoms. The van der Waals surface area contributed by atoms with Crippen molar-refractivity contribution >= 4 is 23.8 Å². The van der Waals surface area contributed by atoms with Crippen LogP contribution in [-0.2, 0) is 6.42 Å². The van der Waals surface area contributed by atoms with Crippen LogP contribution in [0.4, 0.5) is 4.79 Å². The molecule has 0 unspecified atom stereocenters. The first kappa shape index (κ1) is 14.7. The lowest BCUT2D eigenvalue weighted by molar-refractivity contribution is 0.0696. The largest absolute Gasteiger partial charge is 0.478 e. The van der Waals surface area contributed by atoms with Gasteiger partial charge in [0.1, 0.15) is 0 Å². The zero-order chi connectivity index (χ0) is 14.4. The van der Waals surface area contributed by atoms with E-state index in [0.29, 0.717) is 13.0 Å². The number of nitrogens with zero attached hydrogens (tertiary/aromatic N) is 1. The zero-order valence-electron chi connectivity index (χ0n) is 11.2. The highest BCUT2D eigenvalue weighted by Crippen LogP contribution is 2.09. The van der Waals surface area contributed by atoms with Crippen molar-refractivity contribution in [2.75, 3.05) is 31.1 Å². The summed E-state index contributed by atoms with van der Waals surface area (Å²) >= 11 is 1.86. The number of nitrogens with one attached hydrogen (secondary N) is 1. The van der Waals surface area contributed by atoms with Crippen LogP contribution in [0.25, 0.3) is 0 Å². The molecule has 0 bridgehead atoms. The molecule has 0 radical (unpaired) electrons. The lowest BCUT2D eigenvalue weighted by Crippen LogP contribution is -2.44. The molecule has 1 aromatic rings. The van der Waals surface area contributed by atoms with Gasteiger partial charge in [-0.2, -0.15) is 11.8 Å². The minimum atomic E-state index is -0.929. The average molecular weight is 294 g/mol. The summed E-state index contributed by atoms with van der Waals surface area (Å²) in [7, 11) is 0. The van der Waals surface area contributed by atoms with Crippen LogP contribution >= 0.6 is 11.8 Å². The van der Waals surface area contributed by atoms with Gasteiger partial charge in [0.2, 0.25) is 0 Å². The topological polar surface area (TPSA) is 69.6 Å². The molecule has 0 aromatic heterocycles. The molecule has 0 atom stereocenters. The van der Waals surface area contributed by atoms with Crippen LogP contribution in [0.2, 0.25) is 0 Å². The predicted octanol–water partition coefficient (Wildman–Crippen LogP) is 1.69. The van der Waals surface area contributed by atoms with E-state index in [2.05, 4.69) is 5.32 Å². The van der Waals surface area contributed by atoms with Gasteiger partial charge in [-0.15, -0.1) is 0 Å². The van der Waals surface area contributed by atoms with Gasteiger partial charge >= 0.3 is 12.0 Å². The van der Waals surface area contributed by atoms with Crippen LogP contribution in [-0.4, -0.2) is 53.1 Å². The Balaban J connectivity index is 1.79. The van der Waals surface area contributed by atoms with Crippen molar-refractivity contribution in [3.63, 3.8) is 0 Å². The van der Waals surface area contributed by atoms with Crippen molar-refractivity contribution in [2.24, 2.45) is 0 Å². The third-order valence-corrected chi connectivity index (χ3v) is 4.10. The lowest BCUT2D eigenvalue weighted by atomic mass is 10.1. The molecule has 2 amide bonds. The van der Waals surface area contributed by atoms with E-state index in [1.807, 2.05) is 22.7 Å². The summed E-state index contributed by atoms with van der Waals surface area (Å²) in [6.07, 6.45) is 0.634. The quantitative estimate of drug-likeness (QED) is 0.886. The number of benzene rings is 1. The molecule has 5 nitrogen and oxygen atoms in total. The van der Waals surface area contributed by atoms with Crippen LogP contribution in [0.15, 0.2) is 24.3 Å². The number of amides is 2. The van der Waals surface area contributed by atoms with E-state index in [0.717, 1.165) is 30.2 Å². The third kappa shape index (κ3) is 4.16. The predicted molar refractivity (Wildman–Crippen MR) is 79.4 cm³/mol. The Bertz CT molecular complexity index is 487. The summed E-state index contributed by atoms with van der Waals surface area (Å²) in [6, 6.07) is 6.78. The average Bonchev–Trinajstić information content (AvgIpc) is 2.48. The number of carbonyl (C=O) groups excluding carboxylic acids is 1. The van der Waals surface area contributed by atoms with Crippen molar-refractivity contribution < 1.29 is 14.7 Å². The van der Waals surface area contributed by atoms with Crippen molar-refractivity contribution in [2.45, 2.75) is 6.42 Å². The molecule has 1 aliphatic rings. The second-order valence-electron chi connectivity index (χ2n) is 4.59. The lowest BCUT2D eigenvalue weighted by Gasteiger charge is -2.26. The first-order valence-corrected chi connectivity index (χ1v) is 7.75. The maximum atomic E-state index is 11.9. The second kappa shape index (κ2) is 7.19. The van der Waals surface area contributed by atoms with E-state index < -0.39 is 5.97 Å². The van der Waals surface area contributed by atoms with Gasteiger partial charge in [0, 0.05) is 31.1 Å². The molecule has 0 aliphatic carbocycles. The summed E-state index contributed by atoms with van der Waals surface area (Å²) < 4.78 is 0. The van der Waals surface area contributed by atoms with Gasteiger partial charge < -0.3 is 15.3 Å². The number of rotatable bonds is 4. The number of carbonyl (C=O) groups is 2. The third-order valence-electron chi connectivity index (χ3n) is 3.16. The van der Waals surface area contributed by atoms with E-state index in [9.17, 15) is 9.59 Å². The minimum Gasteiger partial charge on any atom is -0.478 e. The Kier molecular flexibility index (Phi) is 5.29. The minimum absolute atomic E-state index is 0.0281. The Morgan fingerprint density at radius 1 is 1.30 bits per heavy atom. The number of urea groups is 1. The van der Waals surface area contributed by atoms with E-state index in [-0.39, 0.29) is 11.6 Å². The van der Waals surface area contributed by atoms with Crippen LogP contribution in [0, 0.1) is 0 Å². The Hall–Kier alpha value is -1.69. The standard InChI is InChI=1S/C14H18N2O3S/c17-13(18)12-3-1-2-11(10-12)4-5-15-14(19)16-6-8-20-9-7-16/h1-3,10H,4-9H2,(H,15,19)(H,17,18). The van der Waals surface area contributed by atoms with Gasteiger partial charge in [-0.3, -0.25) is 0 Å². The molecule has 20 heavy (non-hydrogen) atoms. The van der Waals surface area contributed by atoms with E-state index in [1.165, 1.54) is 0 Å². The number of carboxylic acids is 1.